The number of benzene rings is 5. The van der Waals surface area contributed by atoms with Gasteiger partial charge in [0.05, 0.1) is 16.9 Å². The van der Waals surface area contributed by atoms with Gasteiger partial charge in [0, 0.05) is 53.2 Å². The van der Waals surface area contributed by atoms with Gasteiger partial charge in [-0.15, -0.1) is 0 Å². The second-order valence-corrected chi connectivity index (χ2v) is 21.4. The Bertz CT molecular complexity index is 2990. The van der Waals surface area contributed by atoms with Crippen molar-refractivity contribution in [2.75, 3.05) is 35.2 Å². The number of nitrogens with zero attached hydrogens (tertiary/aromatic N) is 2. The molecule has 1 aliphatic carbocycles. The Morgan fingerprint density at radius 2 is 1.30 bits per heavy atom. The highest BCUT2D eigenvalue weighted by atomic mass is 32.2. The third kappa shape index (κ3) is 9.07. The lowest BCUT2D eigenvalue weighted by Gasteiger charge is -2.28. The van der Waals surface area contributed by atoms with E-state index in [4.69, 9.17) is 5.73 Å². The van der Waals surface area contributed by atoms with Crippen molar-refractivity contribution in [2.24, 2.45) is 0 Å². The minimum atomic E-state index is -4.06. The topological polar surface area (TPSA) is 141 Å². The summed E-state index contributed by atoms with van der Waals surface area (Å²) in [7, 11) is -8.12. The first-order chi connectivity index (χ1) is 29.9. The zero-order valence-electron chi connectivity index (χ0n) is 36.6. The van der Waals surface area contributed by atoms with Crippen LogP contribution in [0, 0.1) is 0 Å². The minimum absolute atomic E-state index is 0.269. The summed E-state index contributed by atoms with van der Waals surface area (Å²) >= 11 is 0. The largest absolute Gasteiger partial charge is 0.399 e. The first-order valence-electron chi connectivity index (χ1n) is 22.0. The molecule has 9 nitrogen and oxygen atoms in total. The molecule has 5 aromatic rings. The van der Waals surface area contributed by atoms with Gasteiger partial charge in [-0.25, -0.2) is 0 Å². The molecule has 0 fully saturated rings. The highest BCUT2D eigenvalue weighted by Gasteiger charge is 2.45. The molecule has 328 valence electrons. The number of nitrogen functional groups attached to an aromatic ring is 1. The number of hydrogen-bond donors (Lipinski definition) is 3. The normalized spacial score (nSPS) is 18.7. The van der Waals surface area contributed by atoms with Gasteiger partial charge < -0.3 is 10.6 Å². The predicted octanol–water partition coefficient (Wildman–Crippen LogP) is 11.1. The number of nitrogens with two attached hydrogens (primary N) is 1. The van der Waals surface area contributed by atoms with Gasteiger partial charge in [0.2, 0.25) is 5.69 Å². The molecule has 0 saturated carbocycles. The van der Waals surface area contributed by atoms with Crippen molar-refractivity contribution < 1.29 is 30.5 Å². The molecule has 3 aliphatic rings. The molecule has 0 saturated heterocycles. The molecule has 0 aromatic heterocycles. The van der Waals surface area contributed by atoms with Crippen LogP contribution in [0.4, 0.5) is 17.1 Å². The summed E-state index contributed by atoms with van der Waals surface area (Å²) in [6.07, 6.45) is 13.7. The Morgan fingerprint density at radius 3 is 1.97 bits per heavy atom. The van der Waals surface area contributed by atoms with Gasteiger partial charge >= 0.3 is 0 Å². The van der Waals surface area contributed by atoms with Gasteiger partial charge in [-0.2, -0.15) is 21.4 Å². The summed E-state index contributed by atoms with van der Waals surface area (Å²) in [6.45, 7) is 10.3. The molecule has 0 bridgehead atoms. The molecule has 5 aromatic carbocycles. The molecule has 0 unspecified atom stereocenters. The molecule has 2 heterocycles. The summed E-state index contributed by atoms with van der Waals surface area (Å²) in [6, 6.07) is 33.7. The maximum absolute atomic E-state index is 11.6. The molecule has 63 heavy (non-hydrogen) atoms. The quantitative estimate of drug-likeness (QED) is 0.0433. The lowest BCUT2D eigenvalue weighted by atomic mass is 9.78. The highest BCUT2D eigenvalue weighted by Crippen LogP contribution is 2.51. The van der Waals surface area contributed by atoms with Gasteiger partial charge in [-0.3, -0.25) is 9.11 Å². The van der Waals surface area contributed by atoms with Crippen LogP contribution in [0.3, 0.4) is 0 Å². The fourth-order valence-corrected chi connectivity index (χ4v) is 11.4. The predicted molar refractivity (Wildman–Crippen MR) is 259 cm³/mol. The molecular formula is C52H58N3O6S2+. The average molecular weight is 885 g/mol. The number of allylic oxidation sites excluding steroid dienone is 8. The third-order valence-electron chi connectivity index (χ3n) is 13.2. The molecule has 11 heteroatoms. The molecule has 2 aliphatic heterocycles. The van der Waals surface area contributed by atoms with Gasteiger partial charge in [0.1, 0.15) is 6.54 Å². The minimum Gasteiger partial charge on any atom is -0.399 e. The average Bonchev–Trinajstić information content (AvgIpc) is 3.60. The van der Waals surface area contributed by atoms with Crippen LogP contribution in [0.5, 0.6) is 0 Å². The lowest BCUT2D eigenvalue weighted by molar-refractivity contribution is -0.438. The van der Waals surface area contributed by atoms with Gasteiger partial charge in [-0.1, -0.05) is 92.7 Å². The van der Waals surface area contributed by atoms with Crippen molar-refractivity contribution in [1.82, 2.24) is 0 Å². The smallest absolute Gasteiger partial charge is 0.264 e. The first kappa shape index (κ1) is 44.3. The second-order valence-electron chi connectivity index (χ2n) is 18.2. The lowest BCUT2D eigenvalue weighted by Crippen LogP contribution is -2.28. The van der Waals surface area contributed by atoms with Crippen LogP contribution in [0.15, 0.2) is 138 Å². The molecular weight excluding hydrogens is 827 g/mol. The number of anilines is 2. The van der Waals surface area contributed by atoms with Crippen LogP contribution in [0.1, 0.15) is 89.3 Å². The summed E-state index contributed by atoms with van der Waals surface area (Å²) < 4.78 is 67.9. The molecule has 0 radical (unpaired) electrons. The number of rotatable bonds is 14. The number of fused-ring (bicyclic) bond motifs is 6. The van der Waals surface area contributed by atoms with E-state index >= 15 is 0 Å². The Morgan fingerprint density at radius 1 is 0.683 bits per heavy atom. The second kappa shape index (κ2) is 17.3. The van der Waals surface area contributed by atoms with Crippen molar-refractivity contribution in [3.05, 3.63) is 155 Å². The molecule has 4 N–H and O–H groups in total. The zero-order valence-corrected chi connectivity index (χ0v) is 38.3. The van der Waals surface area contributed by atoms with Crippen molar-refractivity contribution in [3.8, 4) is 0 Å². The number of hydrogen-bond acceptors (Lipinski definition) is 6. The Kier molecular flexibility index (Phi) is 12.2. The maximum Gasteiger partial charge on any atom is 0.264 e. The van der Waals surface area contributed by atoms with Crippen molar-refractivity contribution >= 4 is 70.1 Å². The highest BCUT2D eigenvalue weighted by molar-refractivity contribution is 7.86. The molecule has 0 amide bonds. The number of unbranched alkanes of at least 4 members (excludes halogenated alkanes) is 2. The van der Waals surface area contributed by atoms with Crippen LogP contribution >= 0.6 is 0 Å². The van der Waals surface area contributed by atoms with E-state index in [9.17, 15) is 25.9 Å². The Balaban J connectivity index is 1.23. The monoisotopic (exact) mass is 884 g/mol. The van der Waals surface area contributed by atoms with E-state index < -0.39 is 20.2 Å². The van der Waals surface area contributed by atoms with E-state index in [1.165, 1.54) is 49.4 Å². The van der Waals surface area contributed by atoms with Crippen molar-refractivity contribution in [3.63, 3.8) is 0 Å². The SMILES string of the molecule is CC1(C)C(C=CC2=C(c3ccc(N)cc3)/C(=C\C=C3/N(CCCCS(=O)(=O)O)c4ccc5ccccc5c4C3(C)C)CCC2)=[N+](CCCCS(=O)(=O)O)c2ccc3ccccc3c21. The molecule has 8 rings (SSSR count). The maximum atomic E-state index is 11.6. The first-order valence-corrected chi connectivity index (χ1v) is 25.2. The Hall–Kier alpha value is -5.33. The molecule has 0 spiro atoms. The van der Waals surface area contributed by atoms with Crippen LogP contribution in [-0.2, 0) is 31.1 Å². The van der Waals surface area contributed by atoms with E-state index in [2.05, 4.69) is 146 Å². The summed E-state index contributed by atoms with van der Waals surface area (Å²) in [5, 5.41) is 4.73. The van der Waals surface area contributed by atoms with Crippen LogP contribution in [0.2, 0.25) is 0 Å². The van der Waals surface area contributed by atoms with Gasteiger partial charge in [0.25, 0.3) is 20.2 Å². The molecule has 0 atom stereocenters. The van der Waals surface area contributed by atoms with Crippen LogP contribution in [-0.4, -0.2) is 60.8 Å². The third-order valence-corrected chi connectivity index (χ3v) is 14.8. The Labute approximate surface area is 372 Å². The van der Waals surface area contributed by atoms with E-state index in [1.807, 2.05) is 12.1 Å². The van der Waals surface area contributed by atoms with Crippen LogP contribution < -0.4 is 10.6 Å². The summed E-state index contributed by atoms with van der Waals surface area (Å²) in [4.78, 5) is 2.34. The summed E-state index contributed by atoms with van der Waals surface area (Å²) in [5.41, 5.74) is 17.9. The van der Waals surface area contributed by atoms with Crippen LogP contribution in [0.25, 0.3) is 27.1 Å². The van der Waals surface area contributed by atoms with Crippen molar-refractivity contribution in [2.45, 2.75) is 83.5 Å². The summed E-state index contributed by atoms with van der Waals surface area (Å²) in [5.74, 6) is -0.538. The van der Waals surface area contributed by atoms with Crippen molar-refractivity contribution in [1.29, 1.82) is 0 Å². The standard InChI is InChI=1S/C52H57N3O6S2/c1-51(2)46(54(32-9-11-34-62(56,57)58)44-28-22-36-14-5-7-18-42(36)49(44)51)30-24-38-16-13-17-39(48(38)40-20-26-41(53)27-21-40)25-31-47-52(3,4)50-43-19-8-6-15-37(43)23-29-45(50)55(47)33-10-12-35-63(59,60)61/h5-8,14-15,18-31,53H,9-13,16-17,32-35H2,1-4H3,(H2,56,57,58,59,60,61)/p+1/b38-24-,46-30-. The van der Waals surface area contributed by atoms with E-state index in [0.717, 1.165) is 47.6 Å². The fraction of sp³-hybridized carbons (Fsp3) is 0.327. The van der Waals surface area contributed by atoms with Gasteiger partial charge in [-0.05, 0) is 132 Å². The zero-order chi connectivity index (χ0) is 44.7. The van der Waals surface area contributed by atoms with Gasteiger partial charge in [0.15, 0.2) is 5.71 Å². The van der Waals surface area contributed by atoms with E-state index in [1.54, 1.807) is 0 Å². The van der Waals surface area contributed by atoms with E-state index in [-0.39, 0.29) is 22.3 Å². The fourth-order valence-electron chi connectivity index (χ4n) is 10.3. The van der Waals surface area contributed by atoms with E-state index in [0.29, 0.717) is 44.5 Å².